The van der Waals surface area contributed by atoms with E-state index in [0.29, 0.717) is 12.4 Å². The molecule has 0 aliphatic carbocycles. The second-order valence-corrected chi connectivity index (χ2v) is 6.99. The summed E-state index contributed by atoms with van der Waals surface area (Å²) in [6, 6.07) is 9.80. The van der Waals surface area contributed by atoms with Crippen LogP contribution in [-0.4, -0.2) is 31.9 Å². The SMILES string of the molecule is CCOC(=O)C(C#N)C(c1ccccc1OC)C1CCOC(C)(C)C1. The summed E-state index contributed by atoms with van der Waals surface area (Å²) >= 11 is 0. The topological polar surface area (TPSA) is 68.6 Å². The third-order valence-corrected chi connectivity index (χ3v) is 4.78. The monoisotopic (exact) mass is 345 g/mol. The van der Waals surface area contributed by atoms with E-state index < -0.39 is 11.9 Å². The molecule has 1 saturated heterocycles. The number of hydrogen-bond acceptors (Lipinski definition) is 5. The van der Waals surface area contributed by atoms with Gasteiger partial charge >= 0.3 is 5.97 Å². The van der Waals surface area contributed by atoms with Crippen molar-refractivity contribution in [1.29, 1.82) is 5.26 Å². The highest BCUT2D eigenvalue weighted by Crippen LogP contribution is 2.45. The van der Waals surface area contributed by atoms with Gasteiger partial charge in [0.2, 0.25) is 0 Å². The molecule has 2 rings (SSSR count). The Hall–Kier alpha value is -2.06. The van der Waals surface area contributed by atoms with Gasteiger partial charge in [0.15, 0.2) is 5.92 Å². The quantitative estimate of drug-likeness (QED) is 0.736. The minimum atomic E-state index is -0.866. The van der Waals surface area contributed by atoms with Crippen molar-refractivity contribution in [3.8, 4) is 11.8 Å². The van der Waals surface area contributed by atoms with Gasteiger partial charge in [0.1, 0.15) is 5.75 Å². The van der Waals surface area contributed by atoms with Gasteiger partial charge in [-0.15, -0.1) is 0 Å². The molecule has 5 heteroatoms. The highest BCUT2D eigenvalue weighted by molar-refractivity contribution is 5.77. The maximum absolute atomic E-state index is 12.5. The van der Waals surface area contributed by atoms with Crippen LogP contribution >= 0.6 is 0 Å². The largest absolute Gasteiger partial charge is 0.496 e. The van der Waals surface area contributed by atoms with Crippen molar-refractivity contribution in [2.75, 3.05) is 20.3 Å². The summed E-state index contributed by atoms with van der Waals surface area (Å²) in [6.45, 7) is 6.72. The second-order valence-electron chi connectivity index (χ2n) is 6.99. The molecule has 0 aromatic heterocycles. The fraction of sp³-hybridized carbons (Fsp3) is 0.600. The van der Waals surface area contributed by atoms with E-state index in [4.69, 9.17) is 14.2 Å². The average molecular weight is 345 g/mol. The zero-order valence-electron chi connectivity index (χ0n) is 15.5. The molecule has 0 saturated carbocycles. The van der Waals surface area contributed by atoms with Gasteiger partial charge in [-0.05, 0) is 51.2 Å². The molecule has 3 atom stereocenters. The van der Waals surface area contributed by atoms with Crippen LogP contribution in [0.2, 0.25) is 0 Å². The number of rotatable bonds is 6. The van der Waals surface area contributed by atoms with Crippen LogP contribution in [0.4, 0.5) is 0 Å². The molecule has 5 nitrogen and oxygen atoms in total. The van der Waals surface area contributed by atoms with Crippen LogP contribution in [0.25, 0.3) is 0 Å². The van der Waals surface area contributed by atoms with E-state index in [-0.39, 0.29) is 24.0 Å². The predicted molar refractivity (Wildman–Crippen MR) is 94.2 cm³/mol. The standard InChI is InChI=1S/C20H27NO4/c1-5-24-19(22)16(13-21)18(14-10-11-25-20(2,3)12-14)15-8-6-7-9-17(15)23-4/h6-9,14,16,18H,5,10-12H2,1-4H3. The van der Waals surface area contributed by atoms with Gasteiger partial charge in [-0.2, -0.15) is 5.26 Å². The average Bonchev–Trinajstić information content (AvgIpc) is 2.58. The summed E-state index contributed by atoms with van der Waals surface area (Å²) in [4.78, 5) is 12.5. The van der Waals surface area contributed by atoms with E-state index in [9.17, 15) is 10.1 Å². The van der Waals surface area contributed by atoms with E-state index in [0.717, 1.165) is 18.4 Å². The van der Waals surface area contributed by atoms with Gasteiger partial charge in [-0.1, -0.05) is 18.2 Å². The molecular weight excluding hydrogens is 318 g/mol. The van der Waals surface area contributed by atoms with Crippen LogP contribution in [0.15, 0.2) is 24.3 Å². The number of carbonyl (C=O) groups is 1. The minimum Gasteiger partial charge on any atom is -0.496 e. The van der Waals surface area contributed by atoms with Crippen LogP contribution in [-0.2, 0) is 14.3 Å². The molecule has 3 unspecified atom stereocenters. The first kappa shape index (κ1) is 19.3. The number of methoxy groups -OCH3 is 1. The van der Waals surface area contributed by atoms with Crippen molar-refractivity contribution in [3.05, 3.63) is 29.8 Å². The Morgan fingerprint density at radius 2 is 2.16 bits per heavy atom. The molecule has 0 spiro atoms. The lowest BCUT2D eigenvalue weighted by molar-refractivity contribution is -0.148. The van der Waals surface area contributed by atoms with Crippen molar-refractivity contribution in [2.24, 2.45) is 11.8 Å². The predicted octanol–water partition coefficient (Wildman–Crippen LogP) is 3.69. The van der Waals surface area contributed by atoms with Crippen LogP contribution in [0, 0.1) is 23.2 Å². The lowest BCUT2D eigenvalue weighted by atomic mass is 9.71. The molecular formula is C20H27NO4. The number of benzene rings is 1. The molecule has 0 N–H and O–H groups in total. The third-order valence-electron chi connectivity index (χ3n) is 4.78. The lowest BCUT2D eigenvalue weighted by Gasteiger charge is -2.40. The fourth-order valence-corrected chi connectivity index (χ4v) is 3.74. The summed E-state index contributed by atoms with van der Waals surface area (Å²) in [7, 11) is 1.61. The Morgan fingerprint density at radius 1 is 1.44 bits per heavy atom. The zero-order chi connectivity index (χ0) is 18.4. The summed E-state index contributed by atoms with van der Waals surface area (Å²) in [5.74, 6) is -0.792. The molecule has 1 heterocycles. The zero-order valence-corrected chi connectivity index (χ0v) is 15.5. The molecule has 1 fully saturated rings. The first-order valence-corrected chi connectivity index (χ1v) is 8.76. The molecule has 1 aromatic rings. The normalized spacial score (nSPS) is 21.6. The minimum absolute atomic E-state index is 0.133. The molecule has 1 aliphatic heterocycles. The van der Waals surface area contributed by atoms with Gasteiger partial charge in [0, 0.05) is 12.5 Å². The Morgan fingerprint density at radius 3 is 2.76 bits per heavy atom. The Bertz CT molecular complexity index is 635. The smallest absolute Gasteiger partial charge is 0.323 e. The van der Waals surface area contributed by atoms with E-state index >= 15 is 0 Å². The number of hydrogen-bond donors (Lipinski definition) is 0. The van der Waals surface area contributed by atoms with Gasteiger partial charge < -0.3 is 14.2 Å². The Balaban J connectivity index is 2.47. The maximum Gasteiger partial charge on any atom is 0.323 e. The molecule has 1 aliphatic rings. The fourth-order valence-electron chi connectivity index (χ4n) is 3.74. The molecule has 1 aromatic carbocycles. The number of ether oxygens (including phenoxy) is 3. The number of carbonyl (C=O) groups excluding carboxylic acids is 1. The van der Waals surface area contributed by atoms with E-state index in [1.54, 1.807) is 14.0 Å². The molecule has 0 bridgehead atoms. The molecule has 0 radical (unpaired) electrons. The second kappa shape index (κ2) is 8.35. The highest BCUT2D eigenvalue weighted by atomic mass is 16.5. The van der Waals surface area contributed by atoms with Crippen LogP contribution < -0.4 is 4.74 Å². The van der Waals surface area contributed by atoms with Gasteiger partial charge in [-0.25, -0.2) is 0 Å². The van der Waals surface area contributed by atoms with Gasteiger partial charge in [0.25, 0.3) is 0 Å². The van der Waals surface area contributed by atoms with E-state index in [2.05, 4.69) is 6.07 Å². The summed E-state index contributed by atoms with van der Waals surface area (Å²) < 4.78 is 16.5. The van der Waals surface area contributed by atoms with Crippen molar-refractivity contribution in [3.63, 3.8) is 0 Å². The van der Waals surface area contributed by atoms with Crippen molar-refractivity contribution in [1.82, 2.24) is 0 Å². The highest BCUT2D eigenvalue weighted by Gasteiger charge is 2.42. The van der Waals surface area contributed by atoms with Crippen LogP contribution in [0.5, 0.6) is 5.75 Å². The summed E-state index contributed by atoms with van der Waals surface area (Å²) in [6.07, 6.45) is 1.57. The van der Waals surface area contributed by atoms with E-state index in [1.165, 1.54) is 0 Å². The number of nitrogens with zero attached hydrogens (tertiary/aromatic N) is 1. The molecule has 0 amide bonds. The van der Waals surface area contributed by atoms with Crippen molar-refractivity contribution >= 4 is 5.97 Å². The molecule has 25 heavy (non-hydrogen) atoms. The van der Waals surface area contributed by atoms with Gasteiger partial charge in [0.05, 0.1) is 25.4 Å². The number of esters is 1. The lowest BCUT2D eigenvalue weighted by Crippen LogP contribution is -2.39. The van der Waals surface area contributed by atoms with E-state index in [1.807, 2.05) is 38.1 Å². The van der Waals surface area contributed by atoms with Crippen LogP contribution in [0.1, 0.15) is 45.1 Å². The molecule has 136 valence electrons. The Kier molecular flexibility index (Phi) is 6.44. The summed E-state index contributed by atoms with van der Waals surface area (Å²) in [5, 5.41) is 9.76. The van der Waals surface area contributed by atoms with Crippen molar-refractivity contribution in [2.45, 2.75) is 45.1 Å². The third kappa shape index (κ3) is 4.52. The first-order valence-electron chi connectivity index (χ1n) is 8.76. The van der Waals surface area contributed by atoms with Crippen LogP contribution in [0.3, 0.4) is 0 Å². The summed E-state index contributed by atoms with van der Waals surface area (Å²) in [5.41, 5.74) is 0.602. The number of para-hydroxylation sites is 1. The number of nitriles is 1. The Labute approximate surface area is 149 Å². The van der Waals surface area contributed by atoms with Gasteiger partial charge in [-0.3, -0.25) is 4.79 Å². The van der Waals surface area contributed by atoms with Crippen molar-refractivity contribution < 1.29 is 19.0 Å². The first-order chi connectivity index (χ1) is 11.9. The maximum atomic E-state index is 12.5.